The minimum atomic E-state index is -1.07. The summed E-state index contributed by atoms with van der Waals surface area (Å²) in [6, 6.07) is 6.33. The van der Waals surface area contributed by atoms with Crippen LogP contribution >= 0.6 is 0 Å². The molecule has 1 amide bonds. The molecule has 1 rings (SSSR count). The van der Waals surface area contributed by atoms with Crippen LogP contribution in [0, 0.1) is 17.1 Å². The maximum Gasteiger partial charge on any atom is 0.303 e. The van der Waals surface area contributed by atoms with Crippen LogP contribution < -0.4 is 0 Å². The second kappa shape index (κ2) is 6.50. The Morgan fingerprint density at radius 3 is 2.42 bits per heavy atom. The molecule has 0 heterocycles. The second-order valence-electron chi connectivity index (χ2n) is 3.98. The lowest BCUT2D eigenvalue weighted by Gasteiger charge is -2.22. The largest absolute Gasteiger partial charge is 0.481 e. The van der Waals surface area contributed by atoms with Crippen LogP contribution in [0.15, 0.2) is 24.3 Å². The number of nitrogens with zero attached hydrogens (tertiary/aromatic N) is 2. The van der Waals surface area contributed by atoms with Crippen LogP contribution in [0.4, 0.5) is 4.39 Å². The van der Waals surface area contributed by atoms with Crippen molar-refractivity contribution in [2.75, 3.05) is 7.05 Å². The third-order valence-corrected chi connectivity index (χ3v) is 2.64. The quantitative estimate of drug-likeness (QED) is 0.877. The van der Waals surface area contributed by atoms with Crippen LogP contribution in [0.25, 0.3) is 0 Å². The fourth-order valence-electron chi connectivity index (χ4n) is 1.56. The number of hydrogen-bond donors (Lipinski definition) is 1. The van der Waals surface area contributed by atoms with Crippen molar-refractivity contribution < 1.29 is 19.1 Å². The van der Waals surface area contributed by atoms with E-state index in [2.05, 4.69) is 0 Å². The number of amides is 1. The zero-order chi connectivity index (χ0) is 14.4. The minimum Gasteiger partial charge on any atom is -0.481 e. The monoisotopic (exact) mass is 264 g/mol. The molecule has 6 heteroatoms. The summed E-state index contributed by atoms with van der Waals surface area (Å²) in [5, 5.41) is 17.6. The maximum atomic E-state index is 12.8. The number of hydrogen-bond acceptors (Lipinski definition) is 3. The van der Waals surface area contributed by atoms with Crippen LogP contribution in [-0.2, 0) is 9.59 Å². The predicted molar refractivity (Wildman–Crippen MR) is 64.4 cm³/mol. The second-order valence-corrected chi connectivity index (χ2v) is 3.98. The van der Waals surface area contributed by atoms with Gasteiger partial charge in [-0.1, -0.05) is 12.1 Å². The number of carboxylic acids is 1. The van der Waals surface area contributed by atoms with E-state index in [0.717, 1.165) is 4.90 Å². The lowest BCUT2D eigenvalue weighted by molar-refractivity contribution is -0.140. The van der Waals surface area contributed by atoms with Gasteiger partial charge in [0.25, 0.3) is 0 Å². The summed E-state index contributed by atoms with van der Waals surface area (Å²) in [5.41, 5.74) is 0.482. The average molecular weight is 264 g/mol. The van der Waals surface area contributed by atoms with Crippen LogP contribution in [-0.4, -0.2) is 28.9 Å². The van der Waals surface area contributed by atoms with E-state index >= 15 is 0 Å². The van der Waals surface area contributed by atoms with Crippen molar-refractivity contribution in [1.29, 1.82) is 5.26 Å². The van der Waals surface area contributed by atoms with Gasteiger partial charge in [0, 0.05) is 13.5 Å². The number of aliphatic carboxylic acids is 1. The highest BCUT2D eigenvalue weighted by molar-refractivity contribution is 5.81. The van der Waals surface area contributed by atoms with Crippen LogP contribution in [0.5, 0.6) is 0 Å². The molecule has 1 unspecified atom stereocenters. The van der Waals surface area contributed by atoms with E-state index in [1.807, 2.05) is 6.07 Å². The van der Waals surface area contributed by atoms with Crippen molar-refractivity contribution in [1.82, 2.24) is 4.90 Å². The van der Waals surface area contributed by atoms with Gasteiger partial charge < -0.3 is 10.0 Å². The van der Waals surface area contributed by atoms with E-state index in [1.165, 1.54) is 31.3 Å². The van der Waals surface area contributed by atoms with Gasteiger partial charge in [0.05, 0.1) is 12.5 Å². The molecule has 1 N–H and O–H groups in total. The zero-order valence-corrected chi connectivity index (χ0v) is 10.3. The molecule has 0 fully saturated rings. The number of halogens is 1. The van der Waals surface area contributed by atoms with Gasteiger partial charge >= 0.3 is 5.97 Å². The molecule has 0 bridgehead atoms. The Labute approximate surface area is 109 Å². The van der Waals surface area contributed by atoms with Gasteiger partial charge in [-0.25, -0.2) is 4.39 Å². The van der Waals surface area contributed by atoms with Crippen LogP contribution in [0.3, 0.4) is 0 Å². The van der Waals surface area contributed by atoms with E-state index in [-0.39, 0.29) is 12.8 Å². The summed E-state index contributed by atoms with van der Waals surface area (Å²) >= 11 is 0. The first kappa shape index (κ1) is 14.6. The SMILES string of the molecule is CN(C(=O)CCC(=O)O)C(C#N)c1ccc(F)cc1. The smallest absolute Gasteiger partial charge is 0.303 e. The topological polar surface area (TPSA) is 81.4 Å². The van der Waals surface area contributed by atoms with E-state index in [9.17, 15) is 14.0 Å². The van der Waals surface area contributed by atoms with Gasteiger partial charge in [-0.3, -0.25) is 9.59 Å². The molecule has 0 aliphatic carbocycles. The molecule has 1 aromatic rings. The zero-order valence-electron chi connectivity index (χ0n) is 10.3. The minimum absolute atomic E-state index is 0.175. The van der Waals surface area contributed by atoms with Crippen molar-refractivity contribution in [3.63, 3.8) is 0 Å². The summed E-state index contributed by atoms with van der Waals surface area (Å²) < 4.78 is 12.8. The molecule has 1 atom stereocenters. The van der Waals surface area contributed by atoms with Gasteiger partial charge in [-0.15, -0.1) is 0 Å². The first-order valence-electron chi connectivity index (χ1n) is 5.58. The molecular formula is C13H13FN2O3. The molecule has 0 aromatic heterocycles. The van der Waals surface area contributed by atoms with Crippen molar-refractivity contribution >= 4 is 11.9 Å². The average Bonchev–Trinajstić information content (AvgIpc) is 2.38. The molecule has 0 radical (unpaired) electrons. The summed E-state index contributed by atoms with van der Waals surface area (Å²) in [5.74, 6) is -1.95. The third-order valence-electron chi connectivity index (χ3n) is 2.64. The fraction of sp³-hybridized carbons (Fsp3) is 0.308. The Kier molecular flexibility index (Phi) is 5.01. The molecule has 0 saturated carbocycles. The van der Waals surface area contributed by atoms with Gasteiger partial charge in [0.1, 0.15) is 11.9 Å². The Morgan fingerprint density at radius 2 is 1.95 bits per heavy atom. The highest BCUT2D eigenvalue weighted by atomic mass is 19.1. The summed E-state index contributed by atoms with van der Waals surface area (Å²) in [6.07, 6.45) is -0.462. The lowest BCUT2D eigenvalue weighted by atomic mass is 10.1. The standard InChI is InChI=1S/C13H13FN2O3/c1-16(12(17)6-7-13(18)19)11(8-15)9-2-4-10(14)5-3-9/h2-5,11H,6-7H2,1H3,(H,18,19). The van der Waals surface area contributed by atoms with Gasteiger partial charge in [-0.05, 0) is 17.7 Å². The summed E-state index contributed by atoms with van der Waals surface area (Å²) in [4.78, 5) is 23.3. The highest BCUT2D eigenvalue weighted by Crippen LogP contribution is 2.20. The van der Waals surface area contributed by atoms with E-state index in [4.69, 9.17) is 10.4 Å². The van der Waals surface area contributed by atoms with Crippen molar-refractivity contribution in [3.05, 3.63) is 35.6 Å². The van der Waals surface area contributed by atoms with Gasteiger partial charge in [0.15, 0.2) is 0 Å². The van der Waals surface area contributed by atoms with Crippen LogP contribution in [0.1, 0.15) is 24.4 Å². The molecule has 0 aliphatic heterocycles. The molecule has 1 aromatic carbocycles. The molecule has 0 spiro atoms. The Bertz CT molecular complexity index is 508. The number of benzene rings is 1. The third kappa shape index (κ3) is 4.07. The van der Waals surface area contributed by atoms with E-state index in [1.54, 1.807) is 0 Å². The highest BCUT2D eigenvalue weighted by Gasteiger charge is 2.21. The van der Waals surface area contributed by atoms with Gasteiger partial charge in [-0.2, -0.15) is 5.26 Å². The summed E-state index contributed by atoms with van der Waals surface area (Å²) in [6.45, 7) is 0. The van der Waals surface area contributed by atoms with Crippen molar-refractivity contribution in [3.8, 4) is 6.07 Å². The molecular weight excluding hydrogens is 251 g/mol. The first-order chi connectivity index (χ1) is 8.95. The lowest BCUT2D eigenvalue weighted by Crippen LogP contribution is -2.30. The fourth-order valence-corrected chi connectivity index (χ4v) is 1.56. The summed E-state index contributed by atoms with van der Waals surface area (Å²) in [7, 11) is 1.42. The predicted octanol–water partition coefficient (Wildman–Crippen LogP) is 1.71. The molecule has 100 valence electrons. The number of carbonyl (C=O) groups is 2. The van der Waals surface area contributed by atoms with E-state index < -0.39 is 23.7 Å². The molecule has 5 nitrogen and oxygen atoms in total. The maximum absolute atomic E-state index is 12.8. The van der Waals surface area contributed by atoms with Crippen molar-refractivity contribution in [2.24, 2.45) is 0 Å². The van der Waals surface area contributed by atoms with Gasteiger partial charge in [0.2, 0.25) is 5.91 Å². The van der Waals surface area contributed by atoms with Crippen LogP contribution in [0.2, 0.25) is 0 Å². The molecule has 0 saturated heterocycles. The normalized spacial score (nSPS) is 11.4. The molecule has 0 aliphatic rings. The first-order valence-corrected chi connectivity index (χ1v) is 5.58. The number of carbonyl (C=O) groups excluding carboxylic acids is 1. The van der Waals surface area contributed by atoms with E-state index in [0.29, 0.717) is 5.56 Å². The Balaban J connectivity index is 2.79. The van der Waals surface area contributed by atoms with Crippen molar-refractivity contribution in [2.45, 2.75) is 18.9 Å². The number of rotatable bonds is 5. The number of carboxylic acid groups (broad SMARTS) is 1. The number of nitriles is 1. The molecule has 19 heavy (non-hydrogen) atoms. The Hall–Kier alpha value is -2.42. The Morgan fingerprint density at radius 1 is 1.37 bits per heavy atom.